The smallest absolute Gasteiger partial charge is 0.440 e. The summed E-state index contributed by atoms with van der Waals surface area (Å²) in [4.78, 5) is 9.57. The van der Waals surface area contributed by atoms with Crippen LogP contribution in [-0.2, 0) is 20.2 Å². The Bertz CT molecular complexity index is 136. The predicted octanol–water partition coefficient (Wildman–Crippen LogP) is -0.861. The average molecular weight is 172 g/mol. The Morgan fingerprint density at radius 1 is 1.60 bits per heavy atom. The molecule has 0 radical (unpaired) electrons. The van der Waals surface area contributed by atoms with Crippen LogP contribution < -0.4 is 5.11 Å². The lowest BCUT2D eigenvalue weighted by atomic mass is 10.7. The van der Waals surface area contributed by atoms with E-state index in [1.165, 1.54) is 12.5 Å². The molecule has 3 nitrogen and oxygen atoms in total. The predicted molar refractivity (Wildman–Crippen MR) is 30.3 cm³/mol. The zero-order valence-corrected chi connectivity index (χ0v) is 6.21. The third-order valence-corrected chi connectivity index (χ3v) is 1.05. The molecule has 10 heavy (non-hydrogen) atoms. The van der Waals surface area contributed by atoms with Crippen LogP contribution in [0.4, 0.5) is 8.78 Å². The Kier molecular flexibility index (Phi) is 3.04. The largest absolute Gasteiger partial charge is 0.542 e. The molecule has 0 aromatic rings. The van der Waals surface area contributed by atoms with Crippen molar-refractivity contribution in [2.45, 2.75) is 6.11 Å². The fourth-order valence-corrected chi connectivity index (χ4v) is 0.730. The molecular weight excluding hydrogens is 166 g/mol. The Morgan fingerprint density at radius 2 is 2.00 bits per heavy atom. The van der Waals surface area contributed by atoms with E-state index in [1.54, 1.807) is 0 Å². The first-order valence-corrected chi connectivity index (χ1v) is 4.19. The van der Waals surface area contributed by atoms with Gasteiger partial charge in [0.25, 0.3) is 0 Å². The summed E-state index contributed by atoms with van der Waals surface area (Å²) in [5.41, 5.74) is 0. The van der Waals surface area contributed by atoms with Crippen molar-refractivity contribution in [1.82, 2.24) is 0 Å². The van der Waals surface area contributed by atoms with Gasteiger partial charge in [-0.25, -0.2) is 0 Å². The van der Waals surface area contributed by atoms with Gasteiger partial charge in [0.15, 0.2) is 0 Å². The van der Waals surface area contributed by atoms with E-state index in [-0.39, 0.29) is 0 Å². The van der Waals surface area contributed by atoms with Gasteiger partial charge in [-0.05, 0) is 0 Å². The number of rotatable bonds is 3. The van der Waals surface area contributed by atoms with E-state index in [0.29, 0.717) is 0 Å². The molecule has 0 bridgehead atoms. The fourth-order valence-electron chi connectivity index (χ4n) is 0.243. The highest BCUT2D eigenvalue weighted by Gasteiger charge is 2.39. The van der Waals surface area contributed by atoms with E-state index in [9.17, 15) is 18.7 Å². The monoisotopic (exact) mass is 172 g/mol. The lowest BCUT2D eigenvalue weighted by molar-refractivity contribution is -0.349. The van der Waals surface area contributed by atoms with Crippen LogP contribution in [0, 0.1) is 0 Å². The molecule has 0 N–H and O–H groups in total. The number of hydrogen-bond acceptors (Lipinski definition) is 3. The van der Waals surface area contributed by atoms with E-state index in [2.05, 4.69) is 4.18 Å². The highest BCUT2D eigenvalue weighted by molar-refractivity contribution is 7.91. The molecule has 0 unspecified atom stereocenters. The maximum Gasteiger partial charge on any atom is 0.440 e. The van der Waals surface area contributed by atoms with Crippen molar-refractivity contribution in [3.8, 4) is 0 Å². The first kappa shape index (κ1) is 9.64. The van der Waals surface area contributed by atoms with Gasteiger partial charge in [-0.2, -0.15) is 8.78 Å². The second-order valence-corrected chi connectivity index (χ2v) is 3.28. The fraction of sp³-hybridized carbons (Fsp3) is 0.750. The lowest BCUT2D eigenvalue weighted by Crippen LogP contribution is -2.44. The van der Waals surface area contributed by atoms with E-state index in [0.717, 1.165) is 0 Å². The van der Waals surface area contributed by atoms with Crippen LogP contribution in [0.25, 0.3) is 0 Å². The first-order valence-electron chi connectivity index (χ1n) is 2.22. The minimum absolute atomic E-state index is 1.08. The molecule has 0 heterocycles. The minimum atomic E-state index is -4.16. The van der Waals surface area contributed by atoms with Crippen molar-refractivity contribution in [1.29, 1.82) is 0 Å². The molecule has 0 rings (SSSR count). The third kappa shape index (κ3) is 2.98. The summed E-state index contributed by atoms with van der Waals surface area (Å²) in [5, 5.41) is 9.57. The molecule has 0 fully saturated rings. The summed E-state index contributed by atoms with van der Waals surface area (Å²) in [6.07, 6.45) is -1.50. The zero-order chi connectivity index (χ0) is 8.36. The van der Waals surface area contributed by atoms with Gasteiger partial charge in [0.2, 0.25) is 0 Å². The molecule has 0 aliphatic carbocycles. The molecule has 0 saturated carbocycles. The van der Waals surface area contributed by atoms with E-state index in [1.807, 2.05) is 0 Å². The van der Waals surface area contributed by atoms with Crippen LogP contribution >= 0.6 is 0 Å². The molecule has 0 spiro atoms. The molecule has 0 aliphatic heterocycles. The van der Waals surface area contributed by atoms with Crippen LogP contribution in [0.2, 0.25) is 0 Å². The Balaban J connectivity index is 4.00. The number of carbonyl (C=O) groups excluding carboxylic acids is 1. The highest BCUT2D eigenvalue weighted by atomic mass is 32.2. The summed E-state index contributed by atoms with van der Waals surface area (Å²) in [6.45, 7) is 0. The molecule has 6 heteroatoms. The van der Waals surface area contributed by atoms with Crippen LogP contribution in [0.3, 0.4) is 0 Å². The maximum absolute atomic E-state index is 11.9. The van der Waals surface area contributed by atoms with E-state index in [4.69, 9.17) is 0 Å². The minimum Gasteiger partial charge on any atom is -0.542 e. The number of alkyl halides is 2. The van der Waals surface area contributed by atoms with Crippen molar-refractivity contribution >= 4 is 17.1 Å². The third-order valence-electron chi connectivity index (χ3n) is 0.509. The van der Waals surface area contributed by atoms with Gasteiger partial charge in [-0.3, -0.25) is 0 Å². The van der Waals surface area contributed by atoms with Crippen molar-refractivity contribution in [3.63, 3.8) is 0 Å². The van der Waals surface area contributed by atoms with Crippen molar-refractivity contribution in [2.24, 2.45) is 0 Å². The van der Waals surface area contributed by atoms with Crippen LogP contribution in [0.5, 0.6) is 0 Å². The number of aliphatic carboxylic acids is 1. The average Bonchev–Trinajstić information content (AvgIpc) is 1.60. The zero-order valence-electron chi connectivity index (χ0n) is 5.39. The van der Waals surface area contributed by atoms with Gasteiger partial charge in [0, 0.05) is 0 Å². The Hall–Kier alpha value is -0.360. The topological polar surface area (TPSA) is 49.4 Å². The molecule has 0 amide bonds. The van der Waals surface area contributed by atoms with Crippen LogP contribution in [-0.4, -0.2) is 24.6 Å². The quantitative estimate of drug-likeness (QED) is 0.520. The molecular formula is C4H6F2O3S. The number of carboxylic acids is 1. The standard InChI is InChI=1S/C4H6F2O3S/c1-10(2)9-4(5,6)3(7)8/h1-2H3. The summed E-state index contributed by atoms with van der Waals surface area (Å²) >= 11 is -1.08. The normalized spacial score (nSPS) is 12.1. The Morgan fingerprint density at radius 3 is 2.10 bits per heavy atom. The first-order chi connectivity index (χ1) is 4.36. The van der Waals surface area contributed by atoms with E-state index >= 15 is 0 Å². The number of halogens is 2. The van der Waals surface area contributed by atoms with Crippen molar-refractivity contribution in [2.75, 3.05) is 12.5 Å². The molecule has 0 atom stereocenters. The molecule has 0 aliphatic rings. The number of hydrogen-bond donors (Lipinski definition) is 0. The number of carboxylic acid groups (broad SMARTS) is 1. The summed E-state index contributed by atoms with van der Waals surface area (Å²) in [5.74, 6) is -2.51. The highest BCUT2D eigenvalue weighted by Crippen LogP contribution is 2.16. The van der Waals surface area contributed by atoms with Gasteiger partial charge < -0.3 is 9.90 Å². The van der Waals surface area contributed by atoms with E-state index < -0.39 is 23.3 Å². The summed E-state index contributed by atoms with van der Waals surface area (Å²) in [6, 6.07) is 0. The van der Waals surface area contributed by atoms with Crippen LogP contribution in [0.1, 0.15) is 0 Å². The molecule has 0 aromatic heterocycles. The molecule has 60 valence electrons. The summed E-state index contributed by atoms with van der Waals surface area (Å²) in [7, 11) is 0. The van der Waals surface area contributed by atoms with Gasteiger partial charge in [-0.15, -0.1) is 0 Å². The second kappa shape index (κ2) is 3.16. The van der Waals surface area contributed by atoms with Gasteiger partial charge >= 0.3 is 6.11 Å². The van der Waals surface area contributed by atoms with Gasteiger partial charge in [-0.1, -0.05) is 4.18 Å². The number of carbonyl (C=O) groups is 1. The molecule has 0 aromatic carbocycles. The van der Waals surface area contributed by atoms with Crippen LogP contribution in [0.15, 0.2) is 0 Å². The maximum atomic E-state index is 11.9. The van der Waals surface area contributed by atoms with Crippen molar-refractivity contribution < 1.29 is 22.9 Å². The lowest BCUT2D eigenvalue weighted by Gasteiger charge is -2.12. The SMILES string of the molecule is C[S+](C)OC(F)(F)C(=O)[O-]. The Labute approximate surface area is 59.5 Å². The van der Waals surface area contributed by atoms with Gasteiger partial charge in [0.05, 0.1) is 0 Å². The molecule has 0 saturated heterocycles. The van der Waals surface area contributed by atoms with Gasteiger partial charge in [0.1, 0.15) is 29.7 Å². The van der Waals surface area contributed by atoms with Crippen molar-refractivity contribution in [3.05, 3.63) is 0 Å². The summed E-state index contributed by atoms with van der Waals surface area (Å²) < 4.78 is 27.6. The second-order valence-electron chi connectivity index (χ2n) is 1.63.